The number of imidazole rings is 1. The summed E-state index contributed by atoms with van der Waals surface area (Å²) in [6.07, 6.45) is 0. The normalized spacial score (nSPS) is 10.7. The zero-order valence-corrected chi connectivity index (χ0v) is 10.5. The van der Waals surface area contributed by atoms with E-state index in [1.165, 1.54) is 13.2 Å². The Morgan fingerprint density at radius 3 is 2.58 bits per heavy atom. The summed E-state index contributed by atoms with van der Waals surface area (Å²) in [5.74, 6) is -0.731. The minimum absolute atomic E-state index is 0.0296. The largest absolute Gasteiger partial charge is 0.741 e. The number of methoxy groups -OCH3 is 1. The Morgan fingerprint density at radius 1 is 1.42 bits per heavy atom. The standard InChI is InChI=1S/C8H8N5O5S/c1-17-2-3-18-19(15,16)13(14)8-11-6(4-9)7(5-10)12-8/h2-3H2,1H3,(H,11,12)/q-1. The van der Waals surface area contributed by atoms with Gasteiger partial charge in [0.2, 0.25) is 5.95 Å². The van der Waals surface area contributed by atoms with Gasteiger partial charge in [-0.2, -0.15) is 18.9 Å². The van der Waals surface area contributed by atoms with E-state index in [2.05, 4.69) is 18.9 Å². The molecule has 0 spiro atoms. The molecule has 0 aromatic carbocycles. The van der Waals surface area contributed by atoms with Crippen molar-refractivity contribution in [2.75, 3.05) is 24.8 Å². The minimum Gasteiger partial charge on any atom is -0.741 e. The first-order valence-electron chi connectivity index (χ1n) is 4.72. The Labute approximate surface area is 108 Å². The van der Waals surface area contributed by atoms with Crippen LogP contribution in [0.4, 0.5) is 5.95 Å². The summed E-state index contributed by atoms with van der Waals surface area (Å²) in [6, 6.07) is 3.10. The molecule has 1 N–H and O–H groups in total. The van der Waals surface area contributed by atoms with Crippen LogP contribution >= 0.6 is 0 Å². The number of anilines is 1. The Morgan fingerprint density at radius 2 is 2.11 bits per heavy atom. The molecule has 1 heterocycles. The Hall–Kier alpha value is -2.18. The van der Waals surface area contributed by atoms with E-state index < -0.39 is 20.7 Å². The molecule has 0 amide bonds. The van der Waals surface area contributed by atoms with Crippen molar-refractivity contribution >= 4 is 16.3 Å². The van der Waals surface area contributed by atoms with Crippen molar-refractivity contribution in [3.63, 3.8) is 0 Å². The summed E-state index contributed by atoms with van der Waals surface area (Å²) >= 11 is 0. The Bertz CT molecular complexity index is 593. The first-order valence-corrected chi connectivity index (χ1v) is 6.08. The SMILES string of the molecule is COCCOS(=O)(=O)N([O-])c1nc(C#N)c(C#N)[nH]1. The van der Waals surface area contributed by atoms with Crippen LogP contribution < -0.4 is 4.47 Å². The van der Waals surface area contributed by atoms with Crippen molar-refractivity contribution < 1.29 is 17.3 Å². The number of nitrogens with one attached hydrogen (secondary N) is 1. The predicted molar refractivity (Wildman–Crippen MR) is 60.6 cm³/mol. The number of hydrogen-bond donors (Lipinski definition) is 1. The molecule has 11 heteroatoms. The molecule has 0 bridgehead atoms. The van der Waals surface area contributed by atoms with Crippen LogP contribution in [-0.2, 0) is 19.2 Å². The molecule has 0 aliphatic heterocycles. The second kappa shape index (κ2) is 6.12. The van der Waals surface area contributed by atoms with Gasteiger partial charge in [0.05, 0.1) is 13.2 Å². The van der Waals surface area contributed by atoms with Crippen molar-refractivity contribution in [3.05, 3.63) is 16.6 Å². The molecule has 19 heavy (non-hydrogen) atoms. The number of aromatic nitrogens is 2. The average molecular weight is 286 g/mol. The van der Waals surface area contributed by atoms with Crippen molar-refractivity contribution in [2.45, 2.75) is 0 Å². The lowest BCUT2D eigenvalue weighted by atomic mass is 10.4. The summed E-state index contributed by atoms with van der Waals surface area (Å²) in [5, 5.41) is 28.8. The molecule has 0 radical (unpaired) electrons. The summed E-state index contributed by atoms with van der Waals surface area (Å²) in [5.41, 5.74) is -0.698. The molecule has 0 fully saturated rings. The minimum atomic E-state index is -4.62. The maximum absolute atomic E-state index is 11.5. The highest BCUT2D eigenvalue weighted by molar-refractivity contribution is 7.88. The van der Waals surface area contributed by atoms with Crippen LogP contribution in [0.2, 0.25) is 0 Å². The summed E-state index contributed by atoms with van der Waals surface area (Å²) in [4.78, 5) is 5.48. The summed E-state index contributed by atoms with van der Waals surface area (Å²) in [6.45, 7) is -0.382. The van der Waals surface area contributed by atoms with E-state index in [4.69, 9.17) is 10.5 Å². The van der Waals surface area contributed by atoms with Gasteiger partial charge in [0.15, 0.2) is 11.4 Å². The summed E-state index contributed by atoms with van der Waals surface area (Å²) in [7, 11) is -3.29. The number of rotatable bonds is 6. The smallest absolute Gasteiger partial charge is 0.354 e. The highest BCUT2D eigenvalue weighted by Crippen LogP contribution is 2.16. The fourth-order valence-corrected chi connectivity index (χ4v) is 1.66. The number of nitrogens with zero attached hydrogens (tertiary/aromatic N) is 4. The lowest BCUT2D eigenvalue weighted by Crippen LogP contribution is -2.28. The molecule has 0 aliphatic rings. The van der Waals surface area contributed by atoms with E-state index in [1.807, 2.05) is 0 Å². The second-order valence-electron chi connectivity index (χ2n) is 3.01. The summed E-state index contributed by atoms with van der Waals surface area (Å²) < 4.78 is 31.2. The molecule has 0 aliphatic carbocycles. The molecule has 102 valence electrons. The zero-order chi connectivity index (χ0) is 14.5. The predicted octanol–water partition coefficient (Wildman–Crippen LogP) is -0.635. The van der Waals surface area contributed by atoms with E-state index in [9.17, 15) is 13.6 Å². The van der Waals surface area contributed by atoms with Gasteiger partial charge in [0.25, 0.3) is 0 Å². The van der Waals surface area contributed by atoms with Crippen LogP contribution in [0.5, 0.6) is 0 Å². The molecule has 0 saturated heterocycles. The molecule has 0 saturated carbocycles. The highest BCUT2D eigenvalue weighted by atomic mass is 32.2. The topological polar surface area (TPSA) is 155 Å². The molecule has 0 unspecified atom stereocenters. The van der Waals surface area contributed by atoms with Gasteiger partial charge in [0, 0.05) is 7.11 Å². The van der Waals surface area contributed by atoms with Gasteiger partial charge < -0.3 is 14.9 Å². The fourth-order valence-electron chi connectivity index (χ4n) is 0.985. The van der Waals surface area contributed by atoms with Crippen LogP contribution in [0.15, 0.2) is 0 Å². The number of H-pyrrole nitrogens is 1. The first-order chi connectivity index (χ1) is 8.96. The maximum atomic E-state index is 11.5. The zero-order valence-electron chi connectivity index (χ0n) is 9.65. The van der Waals surface area contributed by atoms with E-state index >= 15 is 0 Å². The van der Waals surface area contributed by atoms with Crippen molar-refractivity contribution in [3.8, 4) is 12.1 Å². The van der Waals surface area contributed by atoms with Crippen LogP contribution in [0, 0.1) is 27.9 Å². The van der Waals surface area contributed by atoms with Gasteiger partial charge >= 0.3 is 10.3 Å². The Kier molecular flexibility index (Phi) is 4.80. The van der Waals surface area contributed by atoms with Crippen LogP contribution in [0.3, 0.4) is 0 Å². The lowest BCUT2D eigenvalue weighted by Gasteiger charge is -2.25. The van der Waals surface area contributed by atoms with Crippen LogP contribution in [0.1, 0.15) is 11.4 Å². The van der Waals surface area contributed by atoms with Gasteiger partial charge in [-0.25, -0.2) is 4.98 Å². The van der Waals surface area contributed by atoms with E-state index in [0.29, 0.717) is 0 Å². The first kappa shape index (κ1) is 14.9. The monoisotopic (exact) mass is 286 g/mol. The third kappa shape index (κ3) is 3.40. The Balaban J connectivity index is 2.94. The van der Waals surface area contributed by atoms with E-state index in [-0.39, 0.29) is 24.6 Å². The molecular weight excluding hydrogens is 278 g/mol. The lowest BCUT2D eigenvalue weighted by molar-refractivity contribution is 0.149. The van der Waals surface area contributed by atoms with Crippen LogP contribution in [0.25, 0.3) is 0 Å². The molecule has 1 aromatic rings. The van der Waals surface area contributed by atoms with Crippen molar-refractivity contribution in [1.82, 2.24) is 9.97 Å². The molecule has 10 nitrogen and oxygen atoms in total. The average Bonchev–Trinajstić information content (AvgIpc) is 2.81. The van der Waals surface area contributed by atoms with Gasteiger partial charge in [-0.15, -0.1) is 0 Å². The van der Waals surface area contributed by atoms with Crippen molar-refractivity contribution in [2.24, 2.45) is 0 Å². The number of nitriles is 2. The van der Waals surface area contributed by atoms with E-state index in [0.717, 1.165) is 0 Å². The molecule has 1 rings (SSSR count). The second-order valence-corrected chi connectivity index (χ2v) is 4.43. The van der Waals surface area contributed by atoms with Crippen LogP contribution in [-0.4, -0.2) is 38.7 Å². The quantitative estimate of drug-likeness (QED) is 0.534. The number of hydrogen-bond acceptors (Lipinski definition) is 8. The molecule has 0 atom stereocenters. The van der Waals surface area contributed by atoms with Gasteiger partial charge in [-0.1, -0.05) is 0 Å². The fraction of sp³-hybridized carbons (Fsp3) is 0.375. The number of ether oxygens (including phenoxy) is 1. The molecular formula is C8H8N5O5S-. The highest BCUT2D eigenvalue weighted by Gasteiger charge is 2.20. The van der Waals surface area contributed by atoms with Gasteiger partial charge in [-0.3, -0.25) is 8.65 Å². The number of aromatic amines is 1. The van der Waals surface area contributed by atoms with E-state index in [1.54, 1.807) is 6.07 Å². The third-order valence-electron chi connectivity index (χ3n) is 1.80. The maximum Gasteiger partial charge on any atom is 0.354 e. The van der Waals surface area contributed by atoms with Gasteiger partial charge in [-0.05, 0) is 0 Å². The van der Waals surface area contributed by atoms with Gasteiger partial charge in [0.1, 0.15) is 12.1 Å². The molecule has 1 aromatic heterocycles. The van der Waals surface area contributed by atoms with Crippen molar-refractivity contribution in [1.29, 1.82) is 10.5 Å². The third-order valence-corrected chi connectivity index (χ3v) is 2.85.